The van der Waals surface area contributed by atoms with Gasteiger partial charge in [0.05, 0.1) is 6.04 Å². The fourth-order valence-corrected chi connectivity index (χ4v) is 4.42. The summed E-state index contributed by atoms with van der Waals surface area (Å²) in [5.41, 5.74) is 0. The molecule has 0 bridgehead atoms. The van der Waals surface area contributed by atoms with Crippen molar-refractivity contribution in [1.29, 1.82) is 0 Å². The fraction of sp³-hybridized carbons (Fsp3) is 0.941. The largest absolute Gasteiger partial charge is 0.337 e. The SMILES string of the molecule is CCN1C(=O)C(C)N(CC)C(C)C1CC1CCCCC1. The maximum absolute atomic E-state index is 12.6. The summed E-state index contributed by atoms with van der Waals surface area (Å²) in [6, 6.07) is 0.971. The summed E-state index contributed by atoms with van der Waals surface area (Å²) in [6.07, 6.45) is 8.14. The van der Waals surface area contributed by atoms with Gasteiger partial charge in [-0.2, -0.15) is 0 Å². The number of hydrogen-bond acceptors (Lipinski definition) is 2. The topological polar surface area (TPSA) is 23.6 Å². The van der Waals surface area contributed by atoms with Gasteiger partial charge in [-0.05, 0) is 39.7 Å². The van der Waals surface area contributed by atoms with E-state index in [-0.39, 0.29) is 6.04 Å². The highest BCUT2D eigenvalue weighted by atomic mass is 16.2. The van der Waals surface area contributed by atoms with Crippen molar-refractivity contribution < 1.29 is 4.79 Å². The Labute approximate surface area is 124 Å². The zero-order chi connectivity index (χ0) is 14.7. The lowest BCUT2D eigenvalue weighted by Gasteiger charge is -2.50. The van der Waals surface area contributed by atoms with E-state index in [9.17, 15) is 4.79 Å². The standard InChI is InChI=1S/C17H32N2O/c1-5-18-13(3)16(12-15-10-8-7-9-11-15)19(6-2)17(20)14(18)4/h13-16H,5-12H2,1-4H3. The predicted octanol–water partition coefficient (Wildman–Crippen LogP) is 3.29. The van der Waals surface area contributed by atoms with Crippen molar-refractivity contribution in [2.24, 2.45) is 5.92 Å². The molecule has 0 radical (unpaired) electrons. The number of likely N-dealkylation sites (N-methyl/N-ethyl adjacent to an activating group) is 2. The Morgan fingerprint density at radius 1 is 1.05 bits per heavy atom. The number of carbonyl (C=O) groups excluding carboxylic acids is 1. The molecule has 0 N–H and O–H groups in total. The minimum absolute atomic E-state index is 0.0533. The van der Waals surface area contributed by atoms with Crippen LogP contribution in [0, 0.1) is 5.92 Å². The molecule has 1 aliphatic carbocycles. The van der Waals surface area contributed by atoms with Crippen LogP contribution in [0.2, 0.25) is 0 Å². The lowest BCUT2D eigenvalue weighted by atomic mass is 9.81. The van der Waals surface area contributed by atoms with Crippen LogP contribution in [0.1, 0.15) is 66.2 Å². The van der Waals surface area contributed by atoms with Gasteiger partial charge < -0.3 is 4.90 Å². The van der Waals surface area contributed by atoms with Crippen LogP contribution in [0.3, 0.4) is 0 Å². The normalized spacial score (nSPS) is 33.7. The minimum atomic E-state index is 0.0533. The molecule has 1 saturated heterocycles. The zero-order valence-corrected chi connectivity index (χ0v) is 13.8. The molecule has 1 amide bonds. The summed E-state index contributed by atoms with van der Waals surface area (Å²) in [7, 11) is 0. The van der Waals surface area contributed by atoms with Gasteiger partial charge in [0.25, 0.3) is 0 Å². The predicted molar refractivity (Wildman–Crippen MR) is 83.7 cm³/mol. The van der Waals surface area contributed by atoms with Gasteiger partial charge >= 0.3 is 0 Å². The average Bonchev–Trinajstić information content (AvgIpc) is 2.47. The Balaban J connectivity index is 2.11. The summed E-state index contributed by atoms with van der Waals surface area (Å²) >= 11 is 0. The molecule has 2 aliphatic rings. The molecule has 0 spiro atoms. The highest BCUT2D eigenvalue weighted by Gasteiger charge is 2.42. The van der Waals surface area contributed by atoms with Gasteiger partial charge in [-0.3, -0.25) is 9.69 Å². The molecule has 1 saturated carbocycles. The second-order valence-electron chi connectivity index (χ2n) is 6.68. The lowest BCUT2D eigenvalue weighted by Crippen LogP contribution is -2.65. The second kappa shape index (κ2) is 6.93. The quantitative estimate of drug-likeness (QED) is 0.789. The van der Waals surface area contributed by atoms with Crippen LogP contribution in [-0.4, -0.2) is 46.9 Å². The number of amides is 1. The maximum Gasteiger partial charge on any atom is 0.239 e. The molecule has 0 aromatic rings. The molecule has 1 aliphatic heterocycles. The number of hydrogen-bond donors (Lipinski definition) is 0. The molecule has 2 rings (SSSR count). The van der Waals surface area contributed by atoms with E-state index in [1.165, 1.54) is 38.5 Å². The number of carbonyl (C=O) groups is 1. The van der Waals surface area contributed by atoms with E-state index < -0.39 is 0 Å². The van der Waals surface area contributed by atoms with E-state index in [2.05, 4.69) is 37.5 Å². The Morgan fingerprint density at radius 3 is 2.25 bits per heavy atom. The molecule has 20 heavy (non-hydrogen) atoms. The van der Waals surface area contributed by atoms with Crippen molar-refractivity contribution in [3.63, 3.8) is 0 Å². The van der Waals surface area contributed by atoms with Gasteiger partial charge in [-0.15, -0.1) is 0 Å². The van der Waals surface area contributed by atoms with Crippen molar-refractivity contribution in [2.75, 3.05) is 13.1 Å². The number of rotatable bonds is 4. The van der Waals surface area contributed by atoms with Crippen LogP contribution >= 0.6 is 0 Å². The van der Waals surface area contributed by atoms with Crippen LogP contribution in [-0.2, 0) is 4.79 Å². The average molecular weight is 280 g/mol. The molecule has 3 heteroatoms. The molecule has 3 nitrogen and oxygen atoms in total. The maximum atomic E-state index is 12.6. The third kappa shape index (κ3) is 3.03. The lowest BCUT2D eigenvalue weighted by molar-refractivity contribution is -0.149. The Hall–Kier alpha value is -0.570. The highest BCUT2D eigenvalue weighted by Crippen LogP contribution is 2.33. The first-order chi connectivity index (χ1) is 9.60. The van der Waals surface area contributed by atoms with Crippen LogP contribution < -0.4 is 0 Å². The van der Waals surface area contributed by atoms with Crippen molar-refractivity contribution in [3.8, 4) is 0 Å². The second-order valence-corrected chi connectivity index (χ2v) is 6.68. The van der Waals surface area contributed by atoms with Gasteiger partial charge in [-0.25, -0.2) is 0 Å². The molecule has 1 heterocycles. The molecule has 3 unspecified atom stereocenters. The summed E-state index contributed by atoms with van der Waals surface area (Å²) in [4.78, 5) is 17.2. The third-order valence-electron chi connectivity index (χ3n) is 5.62. The number of piperazine rings is 1. The molecule has 2 fully saturated rings. The van der Waals surface area contributed by atoms with E-state index in [4.69, 9.17) is 0 Å². The van der Waals surface area contributed by atoms with E-state index in [0.29, 0.717) is 18.0 Å². The smallest absolute Gasteiger partial charge is 0.239 e. The molecule has 0 aromatic heterocycles. The molecular formula is C17H32N2O. The minimum Gasteiger partial charge on any atom is -0.337 e. The fourth-order valence-electron chi connectivity index (χ4n) is 4.42. The van der Waals surface area contributed by atoms with Crippen LogP contribution in [0.15, 0.2) is 0 Å². The molecular weight excluding hydrogens is 248 g/mol. The van der Waals surface area contributed by atoms with Gasteiger partial charge in [0.1, 0.15) is 0 Å². The van der Waals surface area contributed by atoms with Crippen LogP contribution in [0.5, 0.6) is 0 Å². The first-order valence-electron chi connectivity index (χ1n) is 8.66. The van der Waals surface area contributed by atoms with Gasteiger partial charge in [-0.1, -0.05) is 39.0 Å². The van der Waals surface area contributed by atoms with Crippen molar-refractivity contribution >= 4 is 5.91 Å². The summed E-state index contributed by atoms with van der Waals surface area (Å²) in [5.74, 6) is 1.18. The van der Waals surface area contributed by atoms with Crippen molar-refractivity contribution in [1.82, 2.24) is 9.80 Å². The summed E-state index contributed by atoms with van der Waals surface area (Å²) in [6.45, 7) is 10.5. The van der Waals surface area contributed by atoms with Crippen LogP contribution in [0.25, 0.3) is 0 Å². The van der Waals surface area contributed by atoms with E-state index in [1.54, 1.807) is 0 Å². The first-order valence-corrected chi connectivity index (χ1v) is 8.66. The van der Waals surface area contributed by atoms with Crippen molar-refractivity contribution in [2.45, 2.75) is 84.3 Å². The van der Waals surface area contributed by atoms with Crippen molar-refractivity contribution in [3.05, 3.63) is 0 Å². The molecule has 116 valence electrons. The summed E-state index contributed by atoms with van der Waals surface area (Å²) < 4.78 is 0. The zero-order valence-electron chi connectivity index (χ0n) is 13.8. The van der Waals surface area contributed by atoms with E-state index >= 15 is 0 Å². The van der Waals surface area contributed by atoms with E-state index in [1.807, 2.05) is 0 Å². The monoisotopic (exact) mass is 280 g/mol. The van der Waals surface area contributed by atoms with E-state index in [0.717, 1.165) is 19.0 Å². The van der Waals surface area contributed by atoms with Gasteiger partial charge in [0, 0.05) is 18.6 Å². The Morgan fingerprint density at radius 2 is 1.70 bits per heavy atom. The summed E-state index contributed by atoms with van der Waals surface area (Å²) in [5, 5.41) is 0. The molecule has 0 aromatic carbocycles. The number of nitrogens with zero attached hydrogens (tertiary/aromatic N) is 2. The molecule has 3 atom stereocenters. The Bertz CT molecular complexity index is 325. The van der Waals surface area contributed by atoms with Gasteiger partial charge in [0.2, 0.25) is 5.91 Å². The first kappa shape index (κ1) is 15.8. The Kier molecular flexibility index (Phi) is 5.48. The third-order valence-corrected chi connectivity index (χ3v) is 5.62. The van der Waals surface area contributed by atoms with Crippen LogP contribution in [0.4, 0.5) is 0 Å². The van der Waals surface area contributed by atoms with Gasteiger partial charge in [0.15, 0.2) is 0 Å². The highest BCUT2D eigenvalue weighted by molar-refractivity contribution is 5.82.